The standard InChI is InChI=1S/C17H18Cl2N2O4S/c1-2-9-20-26(23,24)12-7-8-16(14(19)10-12)25-11-17(22)21-15-6-4-3-5-13(15)18/h3-8,10,20H,2,9,11H2,1H3,(H,21,22). The third-order valence-electron chi connectivity index (χ3n) is 3.26. The fourth-order valence-corrected chi connectivity index (χ4v) is 3.62. The highest BCUT2D eigenvalue weighted by atomic mass is 35.5. The predicted octanol–water partition coefficient (Wildman–Crippen LogP) is 3.70. The van der Waals surface area contributed by atoms with E-state index < -0.39 is 15.9 Å². The Labute approximate surface area is 162 Å². The third-order valence-corrected chi connectivity index (χ3v) is 5.35. The van der Waals surface area contributed by atoms with E-state index in [1.165, 1.54) is 18.2 Å². The van der Waals surface area contributed by atoms with Crippen LogP contribution in [0.15, 0.2) is 47.4 Å². The van der Waals surface area contributed by atoms with Crippen LogP contribution < -0.4 is 14.8 Å². The molecular weight excluding hydrogens is 399 g/mol. The van der Waals surface area contributed by atoms with Gasteiger partial charge in [-0.15, -0.1) is 0 Å². The molecule has 0 fully saturated rings. The van der Waals surface area contributed by atoms with Crippen molar-refractivity contribution in [1.29, 1.82) is 0 Å². The average Bonchev–Trinajstić information content (AvgIpc) is 2.61. The zero-order valence-electron chi connectivity index (χ0n) is 14.0. The summed E-state index contributed by atoms with van der Waals surface area (Å²) >= 11 is 12.0. The molecule has 0 bridgehead atoms. The summed E-state index contributed by atoms with van der Waals surface area (Å²) in [6.45, 7) is 1.89. The summed E-state index contributed by atoms with van der Waals surface area (Å²) in [5, 5.41) is 3.12. The SMILES string of the molecule is CCCNS(=O)(=O)c1ccc(OCC(=O)Nc2ccccc2Cl)c(Cl)c1. The van der Waals surface area contributed by atoms with Crippen LogP contribution in [-0.2, 0) is 14.8 Å². The molecule has 1 amide bonds. The van der Waals surface area contributed by atoms with Crippen LogP contribution in [0.1, 0.15) is 13.3 Å². The van der Waals surface area contributed by atoms with Crippen LogP contribution in [-0.4, -0.2) is 27.5 Å². The maximum absolute atomic E-state index is 12.1. The molecule has 2 N–H and O–H groups in total. The summed E-state index contributed by atoms with van der Waals surface area (Å²) < 4.78 is 31.9. The molecule has 2 aromatic carbocycles. The Morgan fingerprint density at radius 2 is 1.85 bits per heavy atom. The number of nitrogens with one attached hydrogen (secondary N) is 2. The number of ether oxygens (including phenoxy) is 1. The van der Waals surface area contributed by atoms with E-state index in [4.69, 9.17) is 27.9 Å². The number of carbonyl (C=O) groups is 1. The lowest BCUT2D eigenvalue weighted by atomic mass is 10.3. The summed E-state index contributed by atoms with van der Waals surface area (Å²) in [5.74, 6) is -0.217. The van der Waals surface area contributed by atoms with Crippen LogP contribution in [0.4, 0.5) is 5.69 Å². The summed E-state index contributed by atoms with van der Waals surface area (Å²) in [6.07, 6.45) is 0.675. The molecule has 2 rings (SSSR count). The van der Waals surface area contributed by atoms with Gasteiger partial charge in [0, 0.05) is 6.54 Å². The van der Waals surface area contributed by atoms with E-state index in [2.05, 4.69) is 10.0 Å². The van der Waals surface area contributed by atoms with Crippen LogP contribution in [0.5, 0.6) is 5.75 Å². The van der Waals surface area contributed by atoms with E-state index in [9.17, 15) is 13.2 Å². The molecule has 0 aromatic heterocycles. The van der Waals surface area contributed by atoms with Crippen LogP contribution in [0.2, 0.25) is 10.0 Å². The Morgan fingerprint density at radius 3 is 2.50 bits per heavy atom. The van der Waals surface area contributed by atoms with Gasteiger partial charge >= 0.3 is 0 Å². The smallest absolute Gasteiger partial charge is 0.262 e. The quantitative estimate of drug-likeness (QED) is 0.686. The fourth-order valence-electron chi connectivity index (χ4n) is 1.98. The number of hydrogen-bond donors (Lipinski definition) is 2. The van der Waals surface area contributed by atoms with E-state index >= 15 is 0 Å². The van der Waals surface area contributed by atoms with Gasteiger partial charge in [0.2, 0.25) is 10.0 Å². The van der Waals surface area contributed by atoms with E-state index in [1.807, 2.05) is 6.92 Å². The zero-order valence-corrected chi connectivity index (χ0v) is 16.3. The first kappa shape index (κ1) is 20.5. The molecule has 0 heterocycles. The molecule has 2 aromatic rings. The van der Waals surface area contributed by atoms with Gasteiger partial charge in [0.1, 0.15) is 5.75 Å². The molecule has 6 nitrogen and oxygen atoms in total. The van der Waals surface area contributed by atoms with Crippen LogP contribution in [0.3, 0.4) is 0 Å². The van der Waals surface area contributed by atoms with E-state index in [0.29, 0.717) is 23.7 Å². The second-order valence-electron chi connectivity index (χ2n) is 5.31. The van der Waals surface area contributed by atoms with Crippen molar-refractivity contribution < 1.29 is 17.9 Å². The highest BCUT2D eigenvalue weighted by molar-refractivity contribution is 7.89. The molecule has 26 heavy (non-hydrogen) atoms. The van der Waals surface area contributed by atoms with Crippen LogP contribution in [0, 0.1) is 0 Å². The lowest BCUT2D eigenvalue weighted by molar-refractivity contribution is -0.118. The predicted molar refractivity (Wildman–Crippen MR) is 103 cm³/mol. The lowest BCUT2D eigenvalue weighted by Gasteiger charge is -2.11. The summed E-state index contributed by atoms with van der Waals surface area (Å²) in [7, 11) is -3.62. The second-order valence-corrected chi connectivity index (χ2v) is 7.89. The van der Waals surface area contributed by atoms with Crippen LogP contribution in [0.25, 0.3) is 0 Å². The number of benzene rings is 2. The molecule has 0 atom stereocenters. The number of rotatable bonds is 8. The first-order valence-corrected chi connectivity index (χ1v) is 10.0. The van der Waals surface area contributed by atoms with E-state index in [-0.39, 0.29) is 22.3 Å². The monoisotopic (exact) mass is 416 g/mol. The first-order chi connectivity index (χ1) is 12.3. The third kappa shape index (κ3) is 5.60. The van der Waals surface area contributed by atoms with Crippen molar-refractivity contribution in [2.75, 3.05) is 18.5 Å². The molecule has 140 valence electrons. The van der Waals surface area contributed by atoms with Crippen LogP contribution >= 0.6 is 23.2 Å². The van der Waals surface area contributed by atoms with Gasteiger partial charge in [-0.3, -0.25) is 4.79 Å². The molecule has 0 saturated heterocycles. The van der Waals surface area contributed by atoms with Gasteiger partial charge in [-0.05, 0) is 36.8 Å². The van der Waals surface area contributed by atoms with Gasteiger partial charge in [0.15, 0.2) is 6.61 Å². The Kier molecular flexibility index (Phi) is 7.28. The molecule has 0 aliphatic carbocycles. The van der Waals surface area contributed by atoms with Gasteiger partial charge in [-0.2, -0.15) is 0 Å². The maximum atomic E-state index is 12.1. The van der Waals surface area contributed by atoms with Crippen molar-refractivity contribution in [3.63, 3.8) is 0 Å². The van der Waals surface area contributed by atoms with E-state index in [1.54, 1.807) is 24.3 Å². The number of halogens is 2. The molecule has 0 spiro atoms. The zero-order chi connectivity index (χ0) is 19.2. The van der Waals surface area contributed by atoms with Crippen molar-refractivity contribution in [2.45, 2.75) is 18.2 Å². The van der Waals surface area contributed by atoms with Gasteiger partial charge in [0.25, 0.3) is 5.91 Å². The summed E-state index contributed by atoms with van der Waals surface area (Å²) in [5.41, 5.74) is 0.470. The molecular formula is C17H18Cl2N2O4S. The Bertz CT molecular complexity index is 888. The van der Waals surface area contributed by atoms with Gasteiger partial charge in [0.05, 0.1) is 20.6 Å². The Balaban J connectivity index is 2.00. The van der Waals surface area contributed by atoms with Crippen molar-refractivity contribution in [3.8, 4) is 5.75 Å². The molecule has 0 aliphatic heterocycles. The fraction of sp³-hybridized carbons (Fsp3) is 0.235. The largest absolute Gasteiger partial charge is 0.482 e. The topological polar surface area (TPSA) is 84.5 Å². The van der Waals surface area contributed by atoms with Crippen molar-refractivity contribution in [2.24, 2.45) is 0 Å². The molecule has 9 heteroatoms. The first-order valence-electron chi connectivity index (χ1n) is 7.80. The molecule has 0 unspecified atom stereocenters. The lowest BCUT2D eigenvalue weighted by Crippen LogP contribution is -2.24. The minimum atomic E-state index is -3.62. The Hall–Kier alpha value is -1.80. The van der Waals surface area contributed by atoms with Crippen molar-refractivity contribution in [3.05, 3.63) is 52.5 Å². The molecule has 0 aliphatic rings. The minimum absolute atomic E-state index is 0.0313. The van der Waals surface area contributed by atoms with Gasteiger partial charge < -0.3 is 10.1 Å². The number of hydrogen-bond acceptors (Lipinski definition) is 4. The Morgan fingerprint density at radius 1 is 1.12 bits per heavy atom. The molecule has 0 saturated carbocycles. The molecule has 0 radical (unpaired) electrons. The minimum Gasteiger partial charge on any atom is -0.482 e. The van der Waals surface area contributed by atoms with E-state index in [0.717, 1.165) is 0 Å². The summed E-state index contributed by atoms with van der Waals surface area (Å²) in [4.78, 5) is 12.0. The number of carbonyl (C=O) groups excluding carboxylic acids is 1. The normalized spacial score (nSPS) is 11.2. The van der Waals surface area contributed by atoms with Crippen molar-refractivity contribution in [1.82, 2.24) is 4.72 Å². The number of anilines is 1. The second kappa shape index (κ2) is 9.23. The van der Waals surface area contributed by atoms with Gasteiger partial charge in [-0.25, -0.2) is 13.1 Å². The maximum Gasteiger partial charge on any atom is 0.262 e. The number of para-hydroxylation sites is 1. The van der Waals surface area contributed by atoms with Gasteiger partial charge in [-0.1, -0.05) is 42.3 Å². The number of sulfonamides is 1. The number of amides is 1. The average molecular weight is 417 g/mol. The van der Waals surface area contributed by atoms with Crippen molar-refractivity contribution >= 4 is 44.8 Å². The summed E-state index contributed by atoms with van der Waals surface area (Å²) in [6, 6.07) is 10.9. The highest BCUT2D eigenvalue weighted by Gasteiger charge is 2.16. The highest BCUT2D eigenvalue weighted by Crippen LogP contribution is 2.27.